The lowest BCUT2D eigenvalue weighted by molar-refractivity contribution is -0.113. The van der Waals surface area contributed by atoms with E-state index < -0.39 is 0 Å². The molecule has 25 heavy (non-hydrogen) atoms. The molecule has 7 heteroatoms. The predicted molar refractivity (Wildman–Crippen MR) is 103 cm³/mol. The number of hydrogen-bond acceptors (Lipinski definition) is 5. The van der Waals surface area contributed by atoms with Crippen LogP contribution in [0.15, 0.2) is 33.8 Å². The van der Waals surface area contributed by atoms with Gasteiger partial charge in [0.25, 0.3) is 0 Å². The summed E-state index contributed by atoms with van der Waals surface area (Å²) in [7, 11) is 1.58. The van der Waals surface area contributed by atoms with Gasteiger partial charge in [-0.15, -0.1) is 0 Å². The van der Waals surface area contributed by atoms with Gasteiger partial charge in [0.05, 0.1) is 17.9 Å². The van der Waals surface area contributed by atoms with Gasteiger partial charge in [-0.1, -0.05) is 27.7 Å². The van der Waals surface area contributed by atoms with Gasteiger partial charge < -0.3 is 10.1 Å². The molecule has 2 aromatic rings. The van der Waals surface area contributed by atoms with Crippen LogP contribution >= 0.6 is 27.7 Å². The molecule has 0 unspecified atom stereocenters. The quantitative estimate of drug-likeness (QED) is 0.709. The molecule has 0 spiro atoms. The molecule has 1 amide bonds. The average molecular weight is 420 g/mol. The topological polar surface area (TPSA) is 75.0 Å². The first-order chi connectivity index (χ1) is 11.9. The fourth-order valence-corrected chi connectivity index (χ4v) is 3.37. The normalized spacial score (nSPS) is 10.4. The van der Waals surface area contributed by atoms with Crippen molar-refractivity contribution < 1.29 is 9.53 Å². The number of benzene rings is 1. The Morgan fingerprint density at radius 1 is 1.40 bits per heavy atom. The number of amides is 1. The van der Waals surface area contributed by atoms with Crippen LogP contribution in [0.2, 0.25) is 0 Å². The van der Waals surface area contributed by atoms with Crippen molar-refractivity contribution in [3.63, 3.8) is 0 Å². The molecular weight excluding hydrogens is 402 g/mol. The van der Waals surface area contributed by atoms with Crippen LogP contribution in [0.1, 0.15) is 22.4 Å². The monoisotopic (exact) mass is 419 g/mol. The minimum absolute atomic E-state index is 0.146. The molecule has 0 atom stereocenters. The van der Waals surface area contributed by atoms with Crippen LogP contribution < -0.4 is 5.32 Å². The summed E-state index contributed by atoms with van der Waals surface area (Å²) < 4.78 is 6.13. The van der Waals surface area contributed by atoms with Crippen molar-refractivity contribution >= 4 is 39.3 Å². The van der Waals surface area contributed by atoms with Gasteiger partial charge in [-0.05, 0) is 49.2 Å². The fourth-order valence-electron chi connectivity index (χ4n) is 2.26. The highest BCUT2D eigenvalue weighted by atomic mass is 79.9. The first-order valence-electron chi connectivity index (χ1n) is 7.53. The Kier molecular flexibility index (Phi) is 7.00. The zero-order valence-electron chi connectivity index (χ0n) is 14.2. The summed E-state index contributed by atoms with van der Waals surface area (Å²) in [6.45, 7) is 4.15. The maximum absolute atomic E-state index is 12.2. The number of anilines is 1. The molecule has 1 heterocycles. The van der Waals surface area contributed by atoms with Crippen molar-refractivity contribution in [3.8, 4) is 6.07 Å². The average Bonchev–Trinajstić information content (AvgIpc) is 2.56. The number of hydrogen-bond donors (Lipinski definition) is 1. The van der Waals surface area contributed by atoms with E-state index in [-0.39, 0.29) is 11.7 Å². The number of aryl methyl sites for hydroxylation is 2. The van der Waals surface area contributed by atoms with E-state index in [1.54, 1.807) is 7.11 Å². The molecule has 0 radical (unpaired) electrons. The molecule has 1 N–H and O–H groups in total. The van der Waals surface area contributed by atoms with E-state index in [1.165, 1.54) is 11.8 Å². The second kappa shape index (κ2) is 8.99. The van der Waals surface area contributed by atoms with Gasteiger partial charge in [0, 0.05) is 23.0 Å². The minimum Gasteiger partial charge on any atom is -0.380 e. The summed E-state index contributed by atoms with van der Waals surface area (Å²) in [6, 6.07) is 9.62. The van der Waals surface area contributed by atoms with Crippen molar-refractivity contribution in [1.82, 2.24) is 4.98 Å². The lowest BCUT2D eigenvalue weighted by atomic mass is 10.1. The highest BCUT2D eigenvalue weighted by Crippen LogP contribution is 2.25. The molecule has 2 rings (SSSR count). The first-order valence-corrected chi connectivity index (χ1v) is 9.30. The molecule has 0 aliphatic rings. The molecule has 0 aliphatic heterocycles. The summed E-state index contributed by atoms with van der Waals surface area (Å²) in [5, 5.41) is 12.8. The SMILES string of the molecule is COCc1cc(C)nc(SCC(=O)Nc2ccc(Br)c(C)c2)c1C#N. The largest absolute Gasteiger partial charge is 0.380 e. The number of rotatable bonds is 6. The molecule has 130 valence electrons. The zero-order chi connectivity index (χ0) is 18.4. The Balaban J connectivity index is 2.08. The minimum atomic E-state index is -0.146. The van der Waals surface area contributed by atoms with E-state index in [0.29, 0.717) is 17.2 Å². The smallest absolute Gasteiger partial charge is 0.234 e. The lowest BCUT2D eigenvalue weighted by Gasteiger charge is -2.10. The Morgan fingerprint density at radius 2 is 2.16 bits per heavy atom. The van der Waals surface area contributed by atoms with Crippen LogP contribution in [0.25, 0.3) is 0 Å². The number of nitrogens with zero attached hydrogens (tertiary/aromatic N) is 2. The first kappa shape index (κ1) is 19.4. The molecule has 0 fully saturated rings. The number of methoxy groups -OCH3 is 1. The van der Waals surface area contributed by atoms with Crippen molar-refractivity contribution in [3.05, 3.63) is 51.1 Å². The summed E-state index contributed by atoms with van der Waals surface area (Å²) in [5.41, 5.74) is 3.82. The number of halogens is 1. The Labute approximate surface area is 159 Å². The third kappa shape index (κ3) is 5.30. The number of carbonyl (C=O) groups is 1. The van der Waals surface area contributed by atoms with E-state index in [9.17, 15) is 10.1 Å². The Hall–Kier alpha value is -1.88. The second-order valence-electron chi connectivity index (χ2n) is 5.45. The van der Waals surface area contributed by atoms with Crippen molar-refractivity contribution in [2.24, 2.45) is 0 Å². The number of ether oxygens (including phenoxy) is 1. The molecule has 1 aromatic carbocycles. The number of thioether (sulfide) groups is 1. The van der Waals surface area contributed by atoms with Gasteiger partial charge in [0.2, 0.25) is 5.91 Å². The Bertz CT molecular complexity index is 834. The van der Waals surface area contributed by atoms with Crippen LogP contribution in [-0.4, -0.2) is 23.8 Å². The third-order valence-electron chi connectivity index (χ3n) is 3.39. The van der Waals surface area contributed by atoms with Crippen molar-refractivity contribution in [2.45, 2.75) is 25.5 Å². The highest BCUT2D eigenvalue weighted by Gasteiger charge is 2.14. The number of nitrogens with one attached hydrogen (secondary N) is 1. The van der Waals surface area contributed by atoms with Gasteiger partial charge in [-0.3, -0.25) is 4.79 Å². The summed E-state index contributed by atoms with van der Waals surface area (Å²) >= 11 is 4.68. The van der Waals surface area contributed by atoms with E-state index in [4.69, 9.17) is 4.74 Å². The summed E-state index contributed by atoms with van der Waals surface area (Å²) in [5.74, 6) is 0.0272. The van der Waals surface area contributed by atoms with E-state index in [1.807, 2.05) is 38.1 Å². The standard InChI is InChI=1S/C18H18BrN3O2S/c1-11-6-14(4-5-16(11)19)22-17(23)10-25-18-15(8-20)13(9-24-3)7-12(2)21-18/h4-7H,9-10H2,1-3H3,(H,22,23). The van der Waals surface area contributed by atoms with Crippen LogP contribution in [0.3, 0.4) is 0 Å². The van der Waals surface area contributed by atoms with Gasteiger partial charge in [0.1, 0.15) is 11.1 Å². The number of nitriles is 1. The molecule has 0 bridgehead atoms. The number of pyridine rings is 1. The van der Waals surface area contributed by atoms with E-state index >= 15 is 0 Å². The predicted octanol–water partition coefficient (Wildman–Crippen LogP) is 4.21. The van der Waals surface area contributed by atoms with Gasteiger partial charge >= 0.3 is 0 Å². The maximum Gasteiger partial charge on any atom is 0.234 e. The van der Waals surface area contributed by atoms with Crippen LogP contribution in [-0.2, 0) is 16.1 Å². The number of aromatic nitrogens is 1. The molecular formula is C18H18BrN3O2S. The highest BCUT2D eigenvalue weighted by molar-refractivity contribution is 9.10. The molecule has 1 aromatic heterocycles. The van der Waals surface area contributed by atoms with Gasteiger partial charge in [0.15, 0.2) is 0 Å². The zero-order valence-corrected chi connectivity index (χ0v) is 16.6. The Morgan fingerprint density at radius 3 is 2.80 bits per heavy atom. The van der Waals surface area contributed by atoms with Gasteiger partial charge in [-0.25, -0.2) is 4.98 Å². The summed E-state index contributed by atoms with van der Waals surface area (Å²) in [6.07, 6.45) is 0. The molecule has 0 aliphatic carbocycles. The third-order valence-corrected chi connectivity index (χ3v) is 5.25. The van der Waals surface area contributed by atoms with E-state index in [2.05, 4.69) is 32.3 Å². The second-order valence-corrected chi connectivity index (χ2v) is 7.27. The molecule has 0 saturated heterocycles. The van der Waals surface area contributed by atoms with Crippen molar-refractivity contribution in [1.29, 1.82) is 5.26 Å². The van der Waals surface area contributed by atoms with E-state index in [0.717, 1.165) is 27.0 Å². The van der Waals surface area contributed by atoms with Gasteiger partial charge in [-0.2, -0.15) is 5.26 Å². The fraction of sp³-hybridized carbons (Fsp3) is 0.278. The number of carbonyl (C=O) groups excluding carboxylic acids is 1. The summed E-state index contributed by atoms with van der Waals surface area (Å²) in [4.78, 5) is 16.6. The lowest BCUT2D eigenvalue weighted by Crippen LogP contribution is -2.14. The maximum atomic E-state index is 12.2. The van der Waals surface area contributed by atoms with Crippen LogP contribution in [0.4, 0.5) is 5.69 Å². The van der Waals surface area contributed by atoms with Crippen molar-refractivity contribution in [2.75, 3.05) is 18.2 Å². The van der Waals surface area contributed by atoms with Crippen LogP contribution in [0.5, 0.6) is 0 Å². The molecule has 5 nitrogen and oxygen atoms in total. The van der Waals surface area contributed by atoms with Crippen LogP contribution in [0, 0.1) is 25.2 Å². The molecule has 0 saturated carbocycles.